The molecule has 8 unspecified atom stereocenters. The van der Waals surface area contributed by atoms with Crippen molar-refractivity contribution in [3.05, 3.63) is 85.1 Å². The summed E-state index contributed by atoms with van der Waals surface area (Å²) >= 11 is 0. The molecule has 1 saturated heterocycles. The van der Waals surface area contributed by atoms with Gasteiger partial charge in [-0.2, -0.15) is 0 Å². The molecule has 1 heterocycles. The van der Waals surface area contributed by atoms with Crippen LogP contribution in [-0.2, 0) is 23.8 Å². The number of aliphatic hydroxyl groups excluding tert-OH is 5. The first-order chi connectivity index (χ1) is 36.7. The van der Waals surface area contributed by atoms with E-state index in [2.05, 4.69) is 99.0 Å². The maximum Gasteiger partial charge on any atom is 0.306 e. The maximum atomic E-state index is 13.3. The van der Waals surface area contributed by atoms with Gasteiger partial charge in [-0.3, -0.25) is 9.59 Å². The molecule has 0 aromatic carbocycles. The fourth-order valence-electron chi connectivity index (χ4n) is 9.01. The van der Waals surface area contributed by atoms with E-state index in [4.69, 9.17) is 14.2 Å². The van der Waals surface area contributed by atoms with Crippen LogP contribution in [0.2, 0.25) is 0 Å². The van der Waals surface area contributed by atoms with E-state index in [0.717, 1.165) is 103 Å². The van der Waals surface area contributed by atoms with Crippen molar-refractivity contribution in [2.75, 3.05) is 13.2 Å². The van der Waals surface area contributed by atoms with Gasteiger partial charge in [-0.1, -0.05) is 247 Å². The second kappa shape index (κ2) is 51.6. The second-order valence-electron chi connectivity index (χ2n) is 20.7. The van der Waals surface area contributed by atoms with Crippen LogP contribution in [0.4, 0.5) is 0 Å². The third-order valence-electron chi connectivity index (χ3n) is 13.8. The molecule has 0 aliphatic carbocycles. The monoisotopic (exact) mass is 1050 g/mol. The molecule has 0 radical (unpaired) electrons. The maximum absolute atomic E-state index is 13.3. The predicted molar refractivity (Wildman–Crippen MR) is 310 cm³/mol. The van der Waals surface area contributed by atoms with Gasteiger partial charge in [0.25, 0.3) is 0 Å². The normalized spacial score (nSPS) is 19.8. The summed E-state index contributed by atoms with van der Waals surface area (Å²) in [4.78, 5) is 26.5. The number of nitrogens with one attached hydrogen (secondary N) is 1. The number of esters is 1. The number of carbonyl (C=O) groups excluding carboxylic acids is 2. The van der Waals surface area contributed by atoms with Crippen LogP contribution in [0.1, 0.15) is 245 Å². The van der Waals surface area contributed by atoms with Gasteiger partial charge in [-0.25, -0.2) is 0 Å². The highest BCUT2D eigenvalue weighted by Crippen LogP contribution is 2.26. The van der Waals surface area contributed by atoms with Crippen LogP contribution in [-0.4, -0.2) is 99.6 Å². The van der Waals surface area contributed by atoms with Gasteiger partial charge >= 0.3 is 5.97 Å². The summed E-state index contributed by atoms with van der Waals surface area (Å²) in [6.45, 7) is 5.64. The minimum absolute atomic E-state index is 0.0909. The first-order valence-corrected chi connectivity index (χ1v) is 30.4. The third-order valence-corrected chi connectivity index (χ3v) is 13.8. The Bertz CT molecular complexity index is 1540. The van der Waals surface area contributed by atoms with Gasteiger partial charge in [-0.15, -0.1) is 0 Å². The number of rotatable bonds is 50. The molecule has 1 amide bonds. The van der Waals surface area contributed by atoms with E-state index in [1.807, 2.05) is 6.08 Å². The molecular weight excluding hydrogens is 943 g/mol. The summed E-state index contributed by atoms with van der Waals surface area (Å²) in [5.74, 6) is -1.22. The molecule has 1 aliphatic heterocycles. The zero-order chi connectivity index (χ0) is 54.7. The Hall–Kier alpha value is -3.16. The summed E-state index contributed by atoms with van der Waals surface area (Å²) in [6, 6.07) is -1.03. The molecule has 432 valence electrons. The molecule has 0 saturated carbocycles. The first-order valence-electron chi connectivity index (χ1n) is 30.4. The van der Waals surface area contributed by atoms with Crippen LogP contribution in [0.5, 0.6) is 0 Å². The minimum Gasteiger partial charge on any atom is -0.454 e. The standard InChI is InChI=1S/C64H111NO10/c1-4-7-10-13-16-19-22-24-25-26-27-28-29-30-31-32-33-35-37-40-43-46-49-52-59(69)75-62-61(71)60(70)58(53-66)74-64(62)73-54-55(56(67)50-47-44-41-39-36-34-23-20-17-14-11-8-5-2)65-63(72)57(68)51-48-45-42-38-21-18-15-12-9-6-3/h7,10,16,19,24-25,27-28,30-31,33,35,47,50,55-58,60-62,64,66-68,70-71H,4-6,8-9,11-15,17-18,20-23,26,29,32,34,36-46,48-49,51-54H2,1-3H3,(H,65,72)/b10-7-,19-16-,25-24-,28-27-,31-30-,35-33-,50-47+. The van der Waals surface area contributed by atoms with Crippen molar-refractivity contribution in [1.29, 1.82) is 0 Å². The Morgan fingerprint density at radius 2 is 0.960 bits per heavy atom. The Morgan fingerprint density at radius 3 is 1.44 bits per heavy atom. The summed E-state index contributed by atoms with van der Waals surface area (Å²) < 4.78 is 17.6. The molecule has 0 aromatic rings. The lowest BCUT2D eigenvalue weighted by Crippen LogP contribution is -2.61. The van der Waals surface area contributed by atoms with Crippen LogP contribution < -0.4 is 5.32 Å². The molecule has 11 nitrogen and oxygen atoms in total. The smallest absolute Gasteiger partial charge is 0.306 e. The highest BCUT2D eigenvalue weighted by Gasteiger charge is 2.47. The van der Waals surface area contributed by atoms with Crippen molar-refractivity contribution < 1.29 is 49.3 Å². The van der Waals surface area contributed by atoms with E-state index in [1.54, 1.807) is 6.08 Å². The second-order valence-corrected chi connectivity index (χ2v) is 20.7. The summed E-state index contributed by atoms with van der Waals surface area (Å²) in [5, 5.41) is 56.8. The van der Waals surface area contributed by atoms with Gasteiger partial charge in [0.05, 0.1) is 25.4 Å². The van der Waals surface area contributed by atoms with E-state index < -0.39 is 67.4 Å². The van der Waals surface area contributed by atoms with Gasteiger partial charge < -0.3 is 45.1 Å². The number of unbranched alkanes of at least 4 members (excludes halogenated alkanes) is 24. The van der Waals surface area contributed by atoms with Gasteiger partial charge in [-0.05, 0) is 77.0 Å². The SMILES string of the molecule is CC/C=C\C/C=C\C/C=C\C/C=C\C/C=C\C/C=C\CCCCCCC(=O)OC1C(OCC(NC(=O)C(O)CCCCCCCCCCCC)C(O)/C=C/CCCCCCCCCCCCC)OC(CO)C(O)C1O. The lowest BCUT2D eigenvalue weighted by atomic mass is 9.99. The lowest BCUT2D eigenvalue weighted by molar-refractivity contribution is -0.305. The largest absolute Gasteiger partial charge is 0.454 e. The zero-order valence-corrected chi connectivity index (χ0v) is 47.6. The highest BCUT2D eigenvalue weighted by atomic mass is 16.7. The van der Waals surface area contributed by atoms with Crippen molar-refractivity contribution in [2.45, 2.75) is 294 Å². The molecule has 75 heavy (non-hydrogen) atoms. The average Bonchev–Trinajstić information content (AvgIpc) is 3.41. The van der Waals surface area contributed by atoms with Crippen molar-refractivity contribution in [3.8, 4) is 0 Å². The van der Waals surface area contributed by atoms with Gasteiger partial charge in [0, 0.05) is 6.42 Å². The van der Waals surface area contributed by atoms with Crippen molar-refractivity contribution >= 4 is 11.9 Å². The molecule has 11 heteroatoms. The Morgan fingerprint density at radius 1 is 0.533 bits per heavy atom. The lowest BCUT2D eigenvalue weighted by Gasteiger charge is -2.41. The molecule has 0 spiro atoms. The fourth-order valence-corrected chi connectivity index (χ4v) is 9.01. The van der Waals surface area contributed by atoms with Crippen LogP contribution in [0.3, 0.4) is 0 Å². The van der Waals surface area contributed by atoms with E-state index in [1.165, 1.54) is 96.3 Å². The molecule has 8 atom stereocenters. The molecule has 1 fully saturated rings. The van der Waals surface area contributed by atoms with Crippen LogP contribution in [0, 0.1) is 0 Å². The molecule has 1 rings (SSSR count). The quantitative estimate of drug-likeness (QED) is 0.0195. The predicted octanol–water partition coefficient (Wildman–Crippen LogP) is 14.2. The average molecular weight is 1050 g/mol. The topological polar surface area (TPSA) is 175 Å². The van der Waals surface area contributed by atoms with Crippen LogP contribution in [0.25, 0.3) is 0 Å². The van der Waals surface area contributed by atoms with Gasteiger partial charge in [0.2, 0.25) is 5.91 Å². The van der Waals surface area contributed by atoms with Crippen LogP contribution >= 0.6 is 0 Å². The van der Waals surface area contributed by atoms with E-state index in [-0.39, 0.29) is 19.4 Å². The molecule has 0 aromatic heterocycles. The Kier molecular flexibility index (Phi) is 48.0. The van der Waals surface area contributed by atoms with E-state index >= 15 is 0 Å². The van der Waals surface area contributed by atoms with Crippen molar-refractivity contribution in [3.63, 3.8) is 0 Å². The number of allylic oxidation sites excluding steroid dienone is 13. The number of hydrogen-bond donors (Lipinski definition) is 6. The number of aliphatic hydroxyl groups is 5. The number of hydrogen-bond acceptors (Lipinski definition) is 10. The number of carbonyl (C=O) groups is 2. The van der Waals surface area contributed by atoms with Crippen molar-refractivity contribution in [1.82, 2.24) is 5.32 Å². The Labute approximate surface area is 457 Å². The summed E-state index contributed by atoms with van der Waals surface area (Å²) in [7, 11) is 0. The Balaban J connectivity index is 2.67. The summed E-state index contributed by atoms with van der Waals surface area (Å²) in [6.07, 6.45) is 56.2. The van der Waals surface area contributed by atoms with Gasteiger partial charge in [0.15, 0.2) is 12.4 Å². The minimum atomic E-state index is -1.63. The number of ether oxygens (including phenoxy) is 3. The summed E-state index contributed by atoms with van der Waals surface area (Å²) in [5.41, 5.74) is 0. The van der Waals surface area contributed by atoms with E-state index in [0.29, 0.717) is 12.8 Å². The molecule has 1 aliphatic rings. The molecular formula is C64H111NO10. The fraction of sp³-hybridized carbons (Fsp3) is 0.750. The molecule has 0 bridgehead atoms. The van der Waals surface area contributed by atoms with E-state index in [9.17, 15) is 35.1 Å². The zero-order valence-electron chi connectivity index (χ0n) is 47.6. The first kappa shape index (κ1) is 69.9. The van der Waals surface area contributed by atoms with Gasteiger partial charge in [0.1, 0.15) is 24.4 Å². The number of amides is 1. The highest BCUT2D eigenvalue weighted by molar-refractivity contribution is 5.80. The third kappa shape index (κ3) is 39.8. The molecule has 6 N–H and O–H groups in total. The van der Waals surface area contributed by atoms with Crippen molar-refractivity contribution in [2.24, 2.45) is 0 Å². The van der Waals surface area contributed by atoms with Crippen LogP contribution in [0.15, 0.2) is 85.1 Å².